The standard InChI is InChI=1S/C8H3N5S/c14-8-10-6-2-1-5-4(7(6)11-8)3-9-13-12-5/h1-3H. The fourth-order valence-electron chi connectivity index (χ4n) is 1.39. The number of hydrogen-bond donors (Lipinski definition) is 0. The van der Waals surface area contributed by atoms with Crippen LogP contribution in [0.25, 0.3) is 10.9 Å². The lowest BCUT2D eigenvalue weighted by Crippen LogP contribution is -2.22. The van der Waals surface area contributed by atoms with E-state index in [1.165, 1.54) is 0 Å². The van der Waals surface area contributed by atoms with Crippen molar-refractivity contribution in [2.24, 2.45) is 9.98 Å². The van der Waals surface area contributed by atoms with Crippen LogP contribution in [0.4, 0.5) is 0 Å². The number of nitrogens with zero attached hydrogens (tertiary/aromatic N) is 5. The van der Waals surface area contributed by atoms with Crippen molar-refractivity contribution in [3.8, 4) is 0 Å². The van der Waals surface area contributed by atoms with Gasteiger partial charge < -0.3 is 0 Å². The summed E-state index contributed by atoms with van der Waals surface area (Å²) in [6.07, 6.45) is 1.62. The van der Waals surface area contributed by atoms with Crippen LogP contribution in [0, 0.1) is 0 Å². The predicted molar refractivity (Wildman–Crippen MR) is 52.2 cm³/mol. The Bertz CT molecular complexity index is 663. The monoisotopic (exact) mass is 201 g/mol. The molecule has 0 N–H and O–H groups in total. The van der Waals surface area contributed by atoms with E-state index in [2.05, 4.69) is 25.4 Å². The Morgan fingerprint density at radius 3 is 3.00 bits per heavy atom. The zero-order valence-electron chi connectivity index (χ0n) is 6.88. The van der Waals surface area contributed by atoms with Gasteiger partial charge in [-0.1, -0.05) is 0 Å². The molecule has 66 valence electrons. The molecule has 0 saturated carbocycles. The van der Waals surface area contributed by atoms with Crippen molar-refractivity contribution >= 4 is 28.2 Å². The Morgan fingerprint density at radius 1 is 1.14 bits per heavy atom. The van der Waals surface area contributed by atoms with E-state index < -0.39 is 0 Å². The van der Waals surface area contributed by atoms with Gasteiger partial charge >= 0.3 is 0 Å². The molecule has 5 nitrogen and oxygen atoms in total. The molecule has 0 aliphatic carbocycles. The molecule has 1 aromatic heterocycles. The molecule has 2 heterocycles. The summed E-state index contributed by atoms with van der Waals surface area (Å²) in [5.41, 5.74) is 0.752. The molecule has 0 spiro atoms. The second kappa shape index (κ2) is 2.58. The zero-order valence-corrected chi connectivity index (χ0v) is 7.69. The highest BCUT2D eigenvalue weighted by atomic mass is 32.1. The summed E-state index contributed by atoms with van der Waals surface area (Å²) in [6.45, 7) is 0. The first-order valence-corrected chi connectivity index (χ1v) is 4.34. The number of fused-ring (bicyclic) bond motifs is 3. The van der Waals surface area contributed by atoms with Gasteiger partial charge in [-0.3, -0.25) is 0 Å². The van der Waals surface area contributed by atoms with Crippen molar-refractivity contribution in [2.45, 2.75) is 0 Å². The van der Waals surface area contributed by atoms with Crippen LogP contribution >= 0.6 is 12.2 Å². The maximum absolute atomic E-state index is 4.90. The topological polar surface area (TPSA) is 63.4 Å². The van der Waals surface area contributed by atoms with Crippen LogP contribution in [0.2, 0.25) is 0 Å². The maximum Gasteiger partial charge on any atom is 0.220 e. The summed E-state index contributed by atoms with van der Waals surface area (Å²) in [5, 5.41) is 13.8. The molecule has 0 bridgehead atoms. The van der Waals surface area contributed by atoms with Crippen LogP contribution in [0.5, 0.6) is 0 Å². The van der Waals surface area contributed by atoms with E-state index in [0.29, 0.717) is 5.11 Å². The van der Waals surface area contributed by atoms with Crippen molar-refractivity contribution in [3.63, 3.8) is 0 Å². The Kier molecular flexibility index (Phi) is 1.40. The largest absolute Gasteiger partial charge is 0.220 e. The van der Waals surface area contributed by atoms with Crippen LogP contribution in [0.15, 0.2) is 28.3 Å². The zero-order chi connectivity index (χ0) is 9.54. The molecule has 0 saturated heterocycles. The third-order valence-corrected chi connectivity index (χ3v) is 2.17. The van der Waals surface area contributed by atoms with Gasteiger partial charge in [0.15, 0.2) is 0 Å². The molecule has 2 aromatic rings. The lowest BCUT2D eigenvalue weighted by Gasteiger charge is -1.91. The SMILES string of the molecule is S=C1N=c2ccc3nnncc3c2=N1. The van der Waals surface area contributed by atoms with E-state index in [1.54, 1.807) is 6.20 Å². The van der Waals surface area contributed by atoms with E-state index in [9.17, 15) is 0 Å². The van der Waals surface area contributed by atoms with Crippen molar-refractivity contribution in [3.05, 3.63) is 29.0 Å². The molecule has 1 aliphatic rings. The van der Waals surface area contributed by atoms with E-state index in [0.717, 1.165) is 21.6 Å². The lowest BCUT2D eigenvalue weighted by molar-refractivity contribution is 0.893. The van der Waals surface area contributed by atoms with Gasteiger partial charge in [-0.15, -0.1) is 10.2 Å². The minimum atomic E-state index is 0.351. The molecule has 1 aliphatic heterocycles. The highest BCUT2D eigenvalue weighted by Crippen LogP contribution is 2.01. The Labute approximate surface area is 83.2 Å². The molecular weight excluding hydrogens is 198 g/mol. The number of rotatable bonds is 0. The Hall–Kier alpha value is -1.82. The second-order valence-corrected chi connectivity index (χ2v) is 3.17. The van der Waals surface area contributed by atoms with Gasteiger partial charge in [0, 0.05) is 0 Å². The maximum atomic E-state index is 4.90. The van der Waals surface area contributed by atoms with Gasteiger partial charge in [0.25, 0.3) is 0 Å². The van der Waals surface area contributed by atoms with Crippen molar-refractivity contribution in [2.75, 3.05) is 0 Å². The van der Waals surface area contributed by atoms with Gasteiger partial charge in [0.1, 0.15) is 5.36 Å². The molecule has 0 unspecified atom stereocenters. The highest BCUT2D eigenvalue weighted by molar-refractivity contribution is 7.80. The first-order valence-electron chi connectivity index (χ1n) is 3.93. The number of aromatic nitrogens is 3. The van der Waals surface area contributed by atoms with Gasteiger partial charge in [0.05, 0.1) is 22.5 Å². The molecule has 0 amide bonds. The normalized spacial score (nSPS) is 13.6. The van der Waals surface area contributed by atoms with Gasteiger partial charge in [-0.05, 0) is 29.6 Å². The van der Waals surface area contributed by atoms with Crippen LogP contribution in [-0.2, 0) is 0 Å². The number of hydrogen-bond acceptors (Lipinski definition) is 4. The summed E-state index contributed by atoms with van der Waals surface area (Å²) in [5.74, 6) is 0. The van der Waals surface area contributed by atoms with Gasteiger partial charge in [-0.2, -0.15) is 0 Å². The molecule has 14 heavy (non-hydrogen) atoms. The summed E-state index contributed by atoms with van der Waals surface area (Å²) < 4.78 is 0. The smallest absolute Gasteiger partial charge is 0.217 e. The first kappa shape index (κ1) is 7.57. The summed E-state index contributed by atoms with van der Waals surface area (Å²) in [6, 6.07) is 3.66. The van der Waals surface area contributed by atoms with Crippen molar-refractivity contribution < 1.29 is 0 Å². The molecule has 0 fully saturated rings. The van der Waals surface area contributed by atoms with Crippen LogP contribution < -0.4 is 10.7 Å². The quantitative estimate of drug-likeness (QED) is 0.542. The van der Waals surface area contributed by atoms with Crippen LogP contribution in [0.3, 0.4) is 0 Å². The van der Waals surface area contributed by atoms with Crippen LogP contribution in [-0.4, -0.2) is 20.5 Å². The summed E-state index contributed by atoms with van der Waals surface area (Å²) in [4.78, 5) is 8.23. The van der Waals surface area contributed by atoms with Crippen molar-refractivity contribution in [1.82, 2.24) is 15.4 Å². The van der Waals surface area contributed by atoms with E-state index in [1.807, 2.05) is 12.1 Å². The van der Waals surface area contributed by atoms with E-state index in [-0.39, 0.29) is 0 Å². The second-order valence-electron chi connectivity index (χ2n) is 2.81. The first-order chi connectivity index (χ1) is 6.84. The van der Waals surface area contributed by atoms with Crippen LogP contribution in [0.1, 0.15) is 0 Å². The average molecular weight is 201 g/mol. The Balaban J connectivity index is 2.65. The highest BCUT2D eigenvalue weighted by Gasteiger charge is 2.06. The third kappa shape index (κ3) is 0.942. The molecule has 0 radical (unpaired) electrons. The van der Waals surface area contributed by atoms with Crippen molar-refractivity contribution in [1.29, 1.82) is 0 Å². The third-order valence-electron chi connectivity index (χ3n) is 1.99. The molecule has 1 aromatic carbocycles. The Morgan fingerprint density at radius 2 is 2.07 bits per heavy atom. The molecular formula is C8H3N5S. The average Bonchev–Trinajstić information content (AvgIpc) is 2.59. The summed E-state index contributed by atoms with van der Waals surface area (Å²) >= 11 is 4.90. The molecule has 3 rings (SSSR count). The molecule has 0 atom stereocenters. The lowest BCUT2D eigenvalue weighted by atomic mass is 10.2. The minimum absolute atomic E-state index is 0.351. The minimum Gasteiger partial charge on any atom is -0.217 e. The fraction of sp³-hybridized carbons (Fsp3) is 0. The van der Waals surface area contributed by atoms with Gasteiger partial charge in [-0.25, -0.2) is 9.98 Å². The van der Waals surface area contributed by atoms with E-state index in [4.69, 9.17) is 12.2 Å². The fourth-order valence-corrected chi connectivity index (χ4v) is 1.58. The number of thiocarbonyl (C=S) groups is 1. The summed E-state index contributed by atoms with van der Waals surface area (Å²) in [7, 11) is 0. The molecule has 6 heteroatoms. The number of benzene rings is 1. The predicted octanol–water partition coefficient (Wildman–Crippen LogP) is -0.438. The van der Waals surface area contributed by atoms with E-state index >= 15 is 0 Å². The van der Waals surface area contributed by atoms with Gasteiger partial charge in [0.2, 0.25) is 5.11 Å².